The van der Waals surface area contributed by atoms with E-state index in [9.17, 15) is 9.90 Å². The number of H-pyrrole nitrogens is 1. The molecular formula is C19H17N3O3. The third kappa shape index (κ3) is 2.34. The number of phenolic OH excluding ortho intramolecular Hbond substituents is 1. The molecule has 2 aromatic carbocycles. The number of aromatic nitrogens is 2. The Morgan fingerprint density at radius 1 is 1.16 bits per heavy atom. The Morgan fingerprint density at radius 3 is 2.68 bits per heavy atom. The predicted octanol–water partition coefficient (Wildman–Crippen LogP) is 3.69. The number of anilines is 1. The van der Waals surface area contributed by atoms with Crippen LogP contribution in [0.3, 0.4) is 0 Å². The summed E-state index contributed by atoms with van der Waals surface area (Å²) < 4.78 is 5.33. The molecule has 126 valence electrons. The fourth-order valence-electron chi connectivity index (χ4n) is 3.17. The molecular weight excluding hydrogens is 318 g/mol. The van der Waals surface area contributed by atoms with Crippen LogP contribution in [0.4, 0.5) is 5.69 Å². The van der Waals surface area contributed by atoms with Crippen LogP contribution in [0.1, 0.15) is 19.4 Å². The van der Waals surface area contributed by atoms with Crippen molar-refractivity contribution in [2.24, 2.45) is 0 Å². The number of fused-ring (bicyclic) bond motifs is 2. The van der Waals surface area contributed by atoms with E-state index in [0.29, 0.717) is 17.1 Å². The van der Waals surface area contributed by atoms with Gasteiger partial charge in [-0.2, -0.15) is 0 Å². The first-order valence-electron chi connectivity index (χ1n) is 7.88. The highest BCUT2D eigenvalue weighted by molar-refractivity contribution is 6.32. The monoisotopic (exact) mass is 335 g/mol. The van der Waals surface area contributed by atoms with Crippen molar-refractivity contribution in [1.82, 2.24) is 9.97 Å². The van der Waals surface area contributed by atoms with Gasteiger partial charge in [-0.3, -0.25) is 4.79 Å². The summed E-state index contributed by atoms with van der Waals surface area (Å²) in [4.78, 5) is 20.0. The minimum atomic E-state index is -0.0805. The quantitative estimate of drug-likeness (QED) is 0.623. The van der Waals surface area contributed by atoms with E-state index in [1.807, 2.05) is 26.0 Å². The largest absolute Gasteiger partial charge is 0.508 e. The van der Waals surface area contributed by atoms with Gasteiger partial charge >= 0.3 is 0 Å². The molecule has 0 saturated heterocycles. The maximum absolute atomic E-state index is 12.1. The Hall–Kier alpha value is -3.28. The number of nitrogens with zero attached hydrogens (tertiary/aromatic N) is 1. The first kappa shape index (κ1) is 15.3. The topological polar surface area (TPSA) is 87.2 Å². The van der Waals surface area contributed by atoms with Crippen LogP contribution in [0.5, 0.6) is 11.5 Å². The second kappa shape index (κ2) is 5.37. The number of aromatic hydroxyl groups is 1. The Morgan fingerprint density at radius 2 is 1.96 bits per heavy atom. The van der Waals surface area contributed by atoms with Crippen molar-refractivity contribution in [3.8, 4) is 22.9 Å². The van der Waals surface area contributed by atoms with Gasteiger partial charge in [-0.1, -0.05) is 5.57 Å². The number of hydrogen-bond donors (Lipinski definition) is 3. The number of nitrogens with one attached hydrogen (secondary N) is 2. The molecule has 0 aliphatic carbocycles. The smallest absolute Gasteiger partial charge is 0.256 e. The average Bonchev–Trinajstić information content (AvgIpc) is 3.11. The fraction of sp³-hybridized carbons (Fsp3) is 0.158. The van der Waals surface area contributed by atoms with Gasteiger partial charge in [0.05, 0.1) is 29.4 Å². The summed E-state index contributed by atoms with van der Waals surface area (Å²) in [5.74, 6) is 1.22. The molecule has 25 heavy (non-hydrogen) atoms. The van der Waals surface area contributed by atoms with E-state index < -0.39 is 0 Å². The molecule has 1 aliphatic heterocycles. The number of rotatable bonds is 2. The van der Waals surface area contributed by atoms with Crippen LogP contribution in [-0.4, -0.2) is 28.1 Å². The second-order valence-electron chi connectivity index (χ2n) is 6.21. The lowest BCUT2D eigenvalue weighted by Gasteiger charge is -2.06. The van der Waals surface area contributed by atoms with E-state index in [2.05, 4.69) is 15.3 Å². The number of ether oxygens (including phenoxy) is 1. The number of aromatic amines is 1. The Bertz CT molecular complexity index is 1060. The van der Waals surface area contributed by atoms with Gasteiger partial charge < -0.3 is 20.1 Å². The number of amides is 1. The van der Waals surface area contributed by atoms with Crippen molar-refractivity contribution < 1.29 is 14.6 Å². The highest BCUT2D eigenvalue weighted by atomic mass is 16.5. The van der Waals surface area contributed by atoms with Crippen molar-refractivity contribution >= 4 is 28.2 Å². The van der Waals surface area contributed by atoms with Gasteiger partial charge in [0.15, 0.2) is 0 Å². The molecule has 6 nitrogen and oxygen atoms in total. The number of carbonyl (C=O) groups is 1. The molecule has 3 N–H and O–H groups in total. The van der Waals surface area contributed by atoms with Crippen LogP contribution in [0.15, 0.2) is 35.9 Å². The molecule has 0 bridgehead atoms. The first-order valence-corrected chi connectivity index (χ1v) is 7.88. The second-order valence-corrected chi connectivity index (χ2v) is 6.21. The first-order chi connectivity index (χ1) is 12.0. The lowest BCUT2D eigenvalue weighted by atomic mass is 10.0. The van der Waals surface area contributed by atoms with Gasteiger partial charge in [-0.15, -0.1) is 0 Å². The molecule has 0 unspecified atom stereocenters. The molecule has 0 saturated carbocycles. The lowest BCUT2D eigenvalue weighted by molar-refractivity contribution is -0.110. The summed E-state index contributed by atoms with van der Waals surface area (Å²) in [6.07, 6.45) is 0. The molecule has 3 aromatic rings. The van der Waals surface area contributed by atoms with Crippen LogP contribution < -0.4 is 10.1 Å². The van der Waals surface area contributed by atoms with E-state index in [0.717, 1.165) is 33.4 Å². The van der Waals surface area contributed by atoms with Crippen LogP contribution in [0, 0.1) is 0 Å². The minimum Gasteiger partial charge on any atom is -0.508 e. The van der Waals surface area contributed by atoms with E-state index >= 15 is 0 Å². The van der Waals surface area contributed by atoms with Gasteiger partial charge in [-0.25, -0.2) is 4.98 Å². The lowest BCUT2D eigenvalue weighted by Crippen LogP contribution is -2.04. The van der Waals surface area contributed by atoms with Crippen molar-refractivity contribution in [2.45, 2.75) is 13.8 Å². The SMILES string of the molecule is COc1cc(O)ccc1-c1nc2cc3c(cc2[nH]1)C(=C(C)C)C(=O)N3. The summed E-state index contributed by atoms with van der Waals surface area (Å²) >= 11 is 0. The van der Waals surface area contributed by atoms with E-state index in [-0.39, 0.29) is 11.7 Å². The third-order valence-electron chi connectivity index (χ3n) is 4.31. The molecule has 1 aliphatic rings. The zero-order valence-electron chi connectivity index (χ0n) is 14.1. The predicted molar refractivity (Wildman–Crippen MR) is 96.6 cm³/mol. The van der Waals surface area contributed by atoms with Gasteiger partial charge in [0.25, 0.3) is 5.91 Å². The molecule has 6 heteroatoms. The molecule has 4 rings (SSSR count). The highest BCUT2D eigenvalue weighted by Gasteiger charge is 2.26. The molecule has 1 aromatic heterocycles. The molecule has 0 fully saturated rings. The Labute approximate surface area is 144 Å². The fourth-order valence-corrected chi connectivity index (χ4v) is 3.17. The Kier molecular flexibility index (Phi) is 3.28. The summed E-state index contributed by atoms with van der Waals surface area (Å²) in [6, 6.07) is 8.69. The molecule has 0 radical (unpaired) electrons. The number of allylic oxidation sites excluding steroid dienone is 1. The molecule has 2 heterocycles. The highest BCUT2D eigenvalue weighted by Crippen LogP contribution is 2.38. The van der Waals surface area contributed by atoms with Gasteiger partial charge in [0.1, 0.15) is 17.3 Å². The van der Waals surface area contributed by atoms with Crippen molar-refractivity contribution in [1.29, 1.82) is 0 Å². The van der Waals surface area contributed by atoms with Gasteiger partial charge in [-0.05, 0) is 38.1 Å². The van der Waals surface area contributed by atoms with Crippen LogP contribution >= 0.6 is 0 Å². The standard InChI is InChI=1S/C19H17N3O3/c1-9(2)17-12-7-14-15(8-13(12)22-19(17)24)21-18(20-14)11-5-4-10(23)6-16(11)25-3/h4-8,23H,1-3H3,(H,20,21)(H,22,24). The number of benzene rings is 2. The number of methoxy groups -OCH3 is 1. The number of phenols is 1. The van der Waals surface area contributed by atoms with Crippen LogP contribution in [0.2, 0.25) is 0 Å². The summed E-state index contributed by atoms with van der Waals surface area (Å²) in [7, 11) is 1.55. The van der Waals surface area contributed by atoms with Gasteiger partial charge in [0, 0.05) is 17.2 Å². The van der Waals surface area contributed by atoms with Crippen molar-refractivity contribution in [3.05, 3.63) is 41.5 Å². The van der Waals surface area contributed by atoms with Crippen LogP contribution in [0.25, 0.3) is 28.0 Å². The number of imidazole rings is 1. The zero-order valence-corrected chi connectivity index (χ0v) is 14.1. The summed E-state index contributed by atoms with van der Waals surface area (Å²) in [6.45, 7) is 3.85. The van der Waals surface area contributed by atoms with Gasteiger partial charge in [0.2, 0.25) is 0 Å². The summed E-state index contributed by atoms with van der Waals surface area (Å²) in [5.41, 5.74) is 5.65. The molecule has 0 atom stereocenters. The summed E-state index contributed by atoms with van der Waals surface area (Å²) in [5, 5.41) is 12.5. The molecule has 1 amide bonds. The maximum atomic E-state index is 12.1. The van der Waals surface area contributed by atoms with E-state index in [1.54, 1.807) is 25.3 Å². The maximum Gasteiger partial charge on any atom is 0.256 e. The zero-order chi connectivity index (χ0) is 17.7. The average molecular weight is 335 g/mol. The van der Waals surface area contributed by atoms with Crippen LogP contribution in [-0.2, 0) is 4.79 Å². The van der Waals surface area contributed by atoms with Crippen molar-refractivity contribution in [3.63, 3.8) is 0 Å². The number of hydrogen-bond acceptors (Lipinski definition) is 4. The normalized spacial score (nSPS) is 13.1. The minimum absolute atomic E-state index is 0.0805. The number of carbonyl (C=O) groups excluding carboxylic acids is 1. The Balaban J connectivity index is 1.89. The van der Waals surface area contributed by atoms with E-state index in [1.165, 1.54) is 0 Å². The molecule has 0 spiro atoms. The third-order valence-corrected chi connectivity index (χ3v) is 4.31. The van der Waals surface area contributed by atoms with Crippen molar-refractivity contribution in [2.75, 3.05) is 12.4 Å². The van der Waals surface area contributed by atoms with E-state index in [4.69, 9.17) is 4.74 Å².